The number of rotatable bonds is 10. The van der Waals surface area contributed by atoms with E-state index in [-0.39, 0.29) is 56.9 Å². The minimum absolute atomic E-state index is 0.00967. The third-order valence-corrected chi connectivity index (χ3v) is 7.73. The van der Waals surface area contributed by atoms with Crippen molar-refractivity contribution in [3.8, 4) is 46.2 Å². The van der Waals surface area contributed by atoms with E-state index in [1.165, 1.54) is 26.0 Å². The molecule has 0 saturated heterocycles. The molecule has 0 aliphatic carbocycles. The maximum absolute atomic E-state index is 13.1. The summed E-state index contributed by atoms with van der Waals surface area (Å²) in [5.74, 6) is 0.758. The van der Waals surface area contributed by atoms with Crippen molar-refractivity contribution in [2.45, 2.75) is 18.4 Å². The number of nitrogen functional groups attached to an aromatic ring is 1. The van der Waals surface area contributed by atoms with Gasteiger partial charge in [0.2, 0.25) is 11.7 Å². The number of hydrogen-bond acceptors (Lipinski definition) is 10. The molecule has 0 aliphatic heterocycles. The van der Waals surface area contributed by atoms with Crippen molar-refractivity contribution in [1.82, 2.24) is 14.3 Å². The Balaban J connectivity index is 1.61. The molecule has 4 aromatic rings. The lowest BCUT2D eigenvalue weighted by molar-refractivity contribution is -0.115. The summed E-state index contributed by atoms with van der Waals surface area (Å²) in [6, 6.07) is 16.5. The number of hydrogen-bond donors (Lipinski definition) is 2. The molecule has 2 aromatic carbocycles. The van der Waals surface area contributed by atoms with E-state index in [4.69, 9.17) is 19.9 Å². The van der Waals surface area contributed by atoms with Gasteiger partial charge >= 0.3 is 0 Å². The van der Waals surface area contributed by atoms with Crippen LogP contribution in [0.15, 0.2) is 52.3 Å². The lowest BCUT2D eigenvalue weighted by Crippen LogP contribution is -2.23. The number of carbonyl (C=O) groups excluding carboxylic acids is 1. The molecule has 0 spiro atoms. The van der Waals surface area contributed by atoms with Crippen molar-refractivity contribution in [2.24, 2.45) is 7.05 Å². The van der Waals surface area contributed by atoms with Gasteiger partial charge in [-0.2, -0.15) is 10.5 Å². The summed E-state index contributed by atoms with van der Waals surface area (Å²) in [5, 5.41) is 23.0. The average molecular weight is 600 g/mol. The van der Waals surface area contributed by atoms with Crippen LogP contribution in [0, 0.1) is 29.6 Å². The van der Waals surface area contributed by atoms with E-state index in [0.29, 0.717) is 34.2 Å². The first-order valence-electron chi connectivity index (χ1n) is 12.9. The molecule has 0 aliphatic rings. The molecular weight excluding hydrogens is 570 g/mol. The zero-order chi connectivity index (χ0) is 31.3. The van der Waals surface area contributed by atoms with Gasteiger partial charge in [-0.25, -0.2) is 9.67 Å². The highest BCUT2D eigenvalue weighted by atomic mass is 32.2. The number of ether oxygens (including phenoxy) is 3. The van der Waals surface area contributed by atoms with Gasteiger partial charge in [-0.05, 0) is 36.8 Å². The summed E-state index contributed by atoms with van der Waals surface area (Å²) in [6.45, 7) is 1.75. The lowest BCUT2D eigenvalue weighted by atomic mass is 9.96. The maximum Gasteiger partial charge on any atom is 0.295 e. The molecule has 3 N–H and O–H groups in total. The summed E-state index contributed by atoms with van der Waals surface area (Å²) in [5.41, 5.74) is 8.07. The molecule has 0 atom stereocenters. The second-order valence-corrected chi connectivity index (χ2v) is 10.2. The number of amides is 1. The van der Waals surface area contributed by atoms with Gasteiger partial charge in [0.1, 0.15) is 34.2 Å². The van der Waals surface area contributed by atoms with Gasteiger partial charge < -0.3 is 25.3 Å². The van der Waals surface area contributed by atoms with E-state index in [1.54, 1.807) is 42.9 Å². The first-order chi connectivity index (χ1) is 20.7. The van der Waals surface area contributed by atoms with Crippen LogP contribution in [-0.4, -0.2) is 47.3 Å². The summed E-state index contributed by atoms with van der Waals surface area (Å²) >= 11 is 1.13. The Morgan fingerprint density at radius 1 is 1.05 bits per heavy atom. The van der Waals surface area contributed by atoms with Gasteiger partial charge in [0, 0.05) is 24.8 Å². The fourth-order valence-corrected chi connectivity index (χ4v) is 5.51. The van der Waals surface area contributed by atoms with Gasteiger partial charge in [0.05, 0.1) is 38.3 Å². The van der Waals surface area contributed by atoms with Gasteiger partial charge in [-0.3, -0.25) is 14.3 Å². The fourth-order valence-electron chi connectivity index (χ4n) is 4.57. The summed E-state index contributed by atoms with van der Waals surface area (Å²) in [7, 11) is 6.12. The molecule has 1 amide bonds. The molecule has 0 unspecified atom stereocenters. The second-order valence-electron chi connectivity index (χ2n) is 9.15. The Morgan fingerprint density at radius 2 is 1.67 bits per heavy atom. The van der Waals surface area contributed by atoms with Crippen molar-refractivity contribution in [1.29, 1.82) is 10.5 Å². The van der Waals surface area contributed by atoms with Crippen LogP contribution in [0.25, 0.3) is 16.8 Å². The smallest absolute Gasteiger partial charge is 0.295 e. The molecule has 43 heavy (non-hydrogen) atoms. The zero-order valence-corrected chi connectivity index (χ0v) is 25.0. The number of nitrogens with zero attached hydrogens (tertiary/aromatic N) is 5. The quantitative estimate of drug-likeness (QED) is 0.254. The van der Waals surface area contributed by atoms with Crippen molar-refractivity contribution in [3.63, 3.8) is 0 Å². The van der Waals surface area contributed by atoms with Gasteiger partial charge in [0.15, 0.2) is 11.5 Å². The highest BCUT2D eigenvalue weighted by molar-refractivity contribution is 7.99. The van der Waals surface area contributed by atoms with Crippen LogP contribution >= 0.6 is 11.8 Å². The molecule has 220 valence electrons. The van der Waals surface area contributed by atoms with E-state index in [1.807, 2.05) is 24.3 Å². The summed E-state index contributed by atoms with van der Waals surface area (Å²) < 4.78 is 19.4. The molecule has 0 bridgehead atoms. The Morgan fingerprint density at radius 3 is 2.23 bits per heavy atom. The van der Waals surface area contributed by atoms with Crippen molar-refractivity contribution in [2.75, 3.05) is 38.1 Å². The molecule has 2 aromatic heterocycles. The van der Waals surface area contributed by atoms with Gasteiger partial charge in [0.25, 0.3) is 5.56 Å². The Hall–Kier alpha value is -5.40. The maximum atomic E-state index is 13.1. The molecule has 13 heteroatoms. The monoisotopic (exact) mass is 599 g/mol. The minimum Gasteiger partial charge on any atom is -0.493 e. The highest BCUT2D eigenvalue weighted by Crippen LogP contribution is 2.44. The van der Waals surface area contributed by atoms with Crippen LogP contribution in [0.4, 0.5) is 11.5 Å². The topological polar surface area (TPSA) is 170 Å². The van der Waals surface area contributed by atoms with E-state index >= 15 is 0 Å². The fraction of sp³-hybridized carbons (Fsp3) is 0.233. The first-order valence-corrected chi connectivity index (χ1v) is 13.9. The predicted octanol–water partition coefficient (Wildman–Crippen LogP) is 4.02. The molecule has 0 fully saturated rings. The number of carbonyl (C=O) groups is 1. The Bertz CT molecular complexity index is 1810. The van der Waals surface area contributed by atoms with E-state index in [0.717, 1.165) is 11.8 Å². The Labute approximate surface area is 252 Å². The third-order valence-electron chi connectivity index (χ3n) is 6.76. The molecule has 2 heterocycles. The average Bonchev–Trinajstić information content (AvgIpc) is 3.22. The number of para-hydroxylation sites is 1. The van der Waals surface area contributed by atoms with Crippen molar-refractivity contribution in [3.05, 3.63) is 69.6 Å². The van der Waals surface area contributed by atoms with Crippen molar-refractivity contribution < 1.29 is 19.0 Å². The number of thioether (sulfide) groups is 1. The first kappa shape index (κ1) is 30.6. The van der Waals surface area contributed by atoms with E-state index in [2.05, 4.69) is 16.4 Å². The van der Waals surface area contributed by atoms with Crippen LogP contribution in [0.1, 0.15) is 23.2 Å². The zero-order valence-electron chi connectivity index (χ0n) is 24.2. The van der Waals surface area contributed by atoms with Crippen LogP contribution in [0.5, 0.6) is 17.2 Å². The minimum atomic E-state index is -0.386. The number of nitrogens with one attached hydrogen (secondary N) is 1. The number of nitrogens with two attached hydrogens (primary N) is 1. The van der Waals surface area contributed by atoms with Gasteiger partial charge in [-0.15, -0.1) is 11.8 Å². The Kier molecular flexibility index (Phi) is 9.28. The van der Waals surface area contributed by atoms with E-state index in [9.17, 15) is 20.1 Å². The lowest BCUT2D eigenvalue weighted by Gasteiger charge is -2.17. The van der Waals surface area contributed by atoms with Crippen LogP contribution in [0.2, 0.25) is 0 Å². The number of pyridine rings is 1. The highest BCUT2D eigenvalue weighted by Gasteiger charge is 2.24. The summed E-state index contributed by atoms with van der Waals surface area (Å²) in [6.07, 6.45) is 0.00967. The number of aromatic nitrogens is 3. The molecule has 0 radical (unpaired) electrons. The molecule has 4 rings (SSSR count). The van der Waals surface area contributed by atoms with E-state index < -0.39 is 0 Å². The number of anilines is 2. The molecule has 12 nitrogen and oxygen atoms in total. The van der Waals surface area contributed by atoms with Crippen molar-refractivity contribution >= 4 is 29.2 Å². The third kappa shape index (κ3) is 5.84. The number of nitriles is 2. The van der Waals surface area contributed by atoms with Crippen LogP contribution < -0.4 is 30.8 Å². The van der Waals surface area contributed by atoms with Crippen LogP contribution in [-0.2, 0) is 11.8 Å². The number of benzene rings is 2. The summed E-state index contributed by atoms with van der Waals surface area (Å²) in [4.78, 5) is 30.3. The normalized spacial score (nSPS) is 10.5. The second kappa shape index (κ2) is 13.1. The predicted molar refractivity (Wildman–Crippen MR) is 163 cm³/mol. The molecular formula is C30H29N7O5S. The van der Waals surface area contributed by atoms with Crippen LogP contribution in [0.3, 0.4) is 0 Å². The molecule has 0 saturated carbocycles. The standard InChI is InChI=1S/C30H29N7O5S/c1-17-26(30(39)37(36(17)2)19-9-7-6-8-10-19)34-24(38)11-12-43-29-21(16-32)25(20(15-31)28(33)35-29)18-13-22(40-3)27(42-5)23(14-18)41-4/h6-10,13-14H,11-12H2,1-5H3,(H2,33,35)(H,34,38). The number of methoxy groups -OCH3 is 3. The largest absolute Gasteiger partial charge is 0.493 e. The van der Waals surface area contributed by atoms with Gasteiger partial charge in [-0.1, -0.05) is 18.2 Å². The SMILES string of the molecule is COc1cc(-c2c(C#N)c(N)nc(SCCC(=O)Nc3c(C)n(C)n(-c4ccccc4)c3=O)c2C#N)cc(OC)c1OC.